The highest BCUT2D eigenvalue weighted by Gasteiger charge is 2.10. The number of aliphatic hydroxyl groups excluding tert-OH is 1. The van der Waals surface area contributed by atoms with E-state index in [9.17, 15) is 5.11 Å². The van der Waals surface area contributed by atoms with Crippen molar-refractivity contribution >= 4 is 5.82 Å². The van der Waals surface area contributed by atoms with Gasteiger partial charge in [-0.05, 0) is 31.0 Å². The Bertz CT molecular complexity index is 360. The van der Waals surface area contributed by atoms with Crippen LogP contribution in [0.25, 0.3) is 0 Å². The first-order valence-electron chi connectivity index (χ1n) is 5.31. The molecule has 0 aliphatic carbocycles. The van der Waals surface area contributed by atoms with Gasteiger partial charge in [-0.2, -0.15) is 0 Å². The smallest absolute Gasteiger partial charge is 0.129 e. The number of pyridine rings is 1. The molecule has 0 saturated heterocycles. The third-order valence-electron chi connectivity index (χ3n) is 2.63. The summed E-state index contributed by atoms with van der Waals surface area (Å²) in [5.41, 5.74) is 0.926. The van der Waals surface area contributed by atoms with Gasteiger partial charge in [-0.15, -0.1) is 0 Å². The van der Waals surface area contributed by atoms with E-state index in [4.69, 9.17) is 0 Å². The van der Waals surface area contributed by atoms with Crippen molar-refractivity contribution in [3.05, 3.63) is 36.0 Å². The van der Waals surface area contributed by atoms with Crippen molar-refractivity contribution in [2.45, 2.75) is 19.4 Å². The summed E-state index contributed by atoms with van der Waals surface area (Å²) >= 11 is 0. The minimum atomic E-state index is -0.424. The van der Waals surface area contributed by atoms with Gasteiger partial charge in [-0.3, -0.25) is 0 Å². The van der Waals surface area contributed by atoms with Gasteiger partial charge in [-0.1, -0.05) is 12.2 Å². The number of anilines is 1. The summed E-state index contributed by atoms with van der Waals surface area (Å²) in [7, 11) is 0. The highest BCUT2D eigenvalue weighted by molar-refractivity contribution is 5.43. The Kier molecular flexibility index (Phi) is 3.02. The minimum Gasteiger partial charge on any atom is -0.389 e. The van der Waals surface area contributed by atoms with Gasteiger partial charge in [-0.25, -0.2) is 4.98 Å². The van der Waals surface area contributed by atoms with Crippen LogP contribution in [0.4, 0.5) is 5.82 Å². The maximum atomic E-state index is 9.49. The first-order chi connectivity index (χ1) is 7.27. The van der Waals surface area contributed by atoms with Crippen molar-refractivity contribution in [2.24, 2.45) is 0 Å². The topological polar surface area (TPSA) is 36.4 Å². The standard InChI is InChI=1S/C12H16N2O/c1-10(15)11-5-6-13-12(9-11)14-7-3-2-4-8-14/h2-3,5-6,9-10,15H,4,7-8H2,1H3/t10-/m0/s1. The largest absolute Gasteiger partial charge is 0.389 e. The van der Waals surface area contributed by atoms with Crippen LogP contribution in [0, 0.1) is 0 Å². The van der Waals surface area contributed by atoms with E-state index in [0.29, 0.717) is 0 Å². The molecule has 3 heteroatoms. The van der Waals surface area contributed by atoms with E-state index in [1.54, 1.807) is 13.1 Å². The second-order valence-electron chi connectivity index (χ2n) is 3.83. The molecule has 2 heterocycles. The maximum Gasteiger partial charge on any atom is 0.129 e. The summed E-state index contributed by atoms with van der Waals surface area (Å²) in [5, 5.41) is 9.49. The van der Waals surface area contributed by atoms with Crippen molar-refractivity contribution in [3.8, 4) is 0 Å². The lowest BCUT2D eigenvalue weighted by atomic mass is 10.1. The highest BCUT2D eigenvalue weighted by Crippen LogP contribution is 2.19. The summed E-state index contributed by atoms with van der Waals surface area (Å²) in [6, 6.07) is 3.82. The fourth-order valence-electron chi connectivity index (χ4n) is 1.72. The van der Waals surface area contributed by atoms with Gasteiger partial charge >= 0.3 is 0 Å². The lowest BCUT2D eigenvalue weighted by Crippen LogP contribution is -2.27. The molecule has 0 fully saturated rings. The van der Waals surface area contributed by atoms with Crippen LogP contribution < -0.4 is 4.90 Å². The van der Waals surface area contributed by atoms with Crippen LogP contribution in [0.2, 0.25) is 0 Å². The van der Waals surface area contributed by atoms with Gasteiger partial charge in [0.1, 0.15) is 5.82 Å². The molecule has 0 unspecified atom stereocenters. The molecule has 0 amide bonds. The van der Waals surface area contributed by atoms with Gasteiger partial charge in [0.25, 0.3) is 0 Å². The summed E-state index contributed by atoms with van der Waals surface area (Å²) in [6.07, 6.45) is 6.75. The molecule has 1 atom stereocenters. The van der Waals surface area contributed by atoms with E-state index < -0.39 is 6.10 Å². The number of nitrogens with zero attached hydrogens (tertiary/aromatic N) is 2. The summed E-state index contributed by atoms with van der Waals surface area (Å²) in [6.45, 7) is 3.69. The van der Waals surface area contributed by atoms with Crippen molar-refractivity contribution in [2.75, 3.05) is 18.0 Å². The van der Waals surface area contributed by atoms with Crippen LogP contribution in [-0.4, -0.2) is 23.2 Å². The van der Waals surface area contributed by atoms with Gasteiger partial charge < -0.3 is 10.0 Å². The van der Waals surface area contributed by atoms with Crippen LogP contribution in [-0.2, 0) is 0 Å². The molecule has 80 valence electrons. The Balaban J connectivity index is 2.20. The van der Waals surface area contributed by atoms with Crippen molar-refractivity contribution in [1.29, 1.82) is 0 Å². The van der Waals surface area contributed by atoms with Crippen molar-refractivity contribution in [1.82, 2.24) is 4.98 Å². The summed E-state index contributed by atoms with van der Waals surface area (Å²) in [4.78, 5) is 6.54. The van der Waals surface area contributed by atoms with E-state index in [1.165, 1.54) is 0 Å². The quantitative estimate of drug-likeness (QED) is 0.747. The highest BCUT2D eigenvalue weighted by atomic mass is 16.3. The average Bonchev–Trinajstić information content (AvgIpc) is 2.30. The second-order valence-corrected chi connectivity index (χ2v) is 3.83. The first kappa shape index (κ1) is 10.2. The van der Waals surface area contributed by atoms with E-state index in [-0.39, 0.29) is 0 Å². The lowest BCUT2D eigenvalue weighted by molar-refractivity contribution is 0.199. The molecule has 1 aromatic rings. The van der Waals surface area contributed by atoms with Crippen LogP contribution >= 0.6 is 0 Å². The molecular weight excluding hydrogens is 188 g/mol. The molecule has 0 saturated carbocycles. The predicted octanol–water partition coefficient (Wildman–Crippen LogP) is 1.90. The zero-order valence-electron chi connectivity index (χ0n) is 8.93. The molecule has 1 N–H and O–H groups in total. The fraction of sp³-hybridized carbons (Fsp3) is 0.417. The molecule has 0 radical (unpaired) electrons. The molecular formula is C12H16N2O. The SMILES string of the molecule is C[C@H](O)c1ccnc(N2CC=CCC2)c1. The zero-order chi connectivity index (χ0) is 10.7. The molecule has 3 nitrogen and oxygen atoms in total. The van der Waals surface area contributed by atoms with Gasteiger partial charge in [0, 0.05) is 19.3 Å². The average molecular weight is 204 g/mol. The first-order valence-corrected chi connectivity index (χ1v) is 5.31. The third kappa shape index (κ3) is 2.36. The van der Waals surface area contributed by atoms with Crippen LogP contribution in [0.5, 0.6) is 0 Å². The Morgan fingerprint density at radius 1 is 1.47 bits per heavy atom. The minimum absolute atomic E-state index is 0.424. The van der Waals surface area contributed by atoms with E-state index in [2.05, 4.69) is 22.0 Å². The molecule has 1 aliphatic heterocycles. The molecule has 1 aromatic heterocycles. The maximum absolute atomic E-state index is 9.49. The van der Waals surface area contributed by atoms with Crippen molar-refractivity contribution in [3.63, 3.8) is 0 Å². The molecule has 1 aliphatic rings. The lowest BCUT2D eigenvalue weighted by Gasteiger charge is -2.24. The number of hydrogen-bond acceptors (Lipinski definition) is 3. The van der Waals surface area contributed by atoms with Crippen LogP contribution in [0.3, 0.4) is 0 Å². The van der Waals surface area contributed by atoms with Crippen molar-refractivity contribution < 1.29 is 5.11 Å². The molecule has 0 bridgehead atoms. The number of hydrogen-bond donors (Lipinski definition) is 1. The molecule has 15 heavy (non-hydrogen) atoms. The summed E-state index contributed by atoms with van der Waals surface area (Å²) < 4.78 is 0. The summed E-state index contributed by atoms with van der Waals surface area (Å²) in [5.74, 6) is 0.956. The van der Waals surface area contributed by atoms with Crippen LogP contribution in [0.15, 0.2) is 30.5 Å². The van der Waals surface area contributed by atoms with Gasteiger partial charge in [0.2, 0.25) is 0 Å². The Morgan fingerprint density at radius 3 is 3.00 bits per heavy atom. The van der Waals surface area contributed by atoms with E-state index in [1.807, 2.05) is 12.1 Å². The van der Waals surface area contributed by atoms with Gasteiger partial charge in [0.05, 0.1) is 6.10 Å². The number of rotatable bonds is 2. The Morgan fingerprint density at radius 2 is 2.33 bits per heavy atom. The number of aliphatic hydroxyl groups is 1. The fourth-order valence-corrected chi connectivity index (χ4v) is 1.72. The normalized spacial score (nSPS) is 17.9. The Hall–Kier alpha value is -1.35. The predicted molar refractivity (Wildman–Crippen MR) is 60.8 cm³/mol. The monoisotopic (exact) mass is 204 g/mol. The van der Waals surface area contributed by atoms with E-state index in [0.717, 1.165) is 30.9 Å². The molecule has 0 aromatic carbocycles. The number of aromatic nitrogens is 1. The van der Waals surface area contributed by atoms with Crippen LogP contribution in [0.1, 0.15) is 25.0 Å². The Labute approximate surface area is 90.1 Å². The van der Waals surface area contributed by atoms with Gasteiger partial charge in [0.15, 0.2) is 0 Å². The second kappa shape index (κ2) is 4.45. The molecule has 0 spiro atoms. The van der Waals surface area contributed by atoms with E-state index >= 15 is 0 Å². The molecule has 2 rings (SSSR count). The zero-order valence-corrected chi connectivity index (χ0v) is 8.93. The third-order valence-corrected chi connectivity index (χ3v) is 2.63.